The molecule has 0 N–H and O–H groups in total. The fraction of sp³-hybridized carbons (Fsp3) is 0.688. The third kappa shape index (κ3) is 3.21. The number of ether oxygens (including phenoxy) is 1. The first kappa shape index (κ1) is 15.2. The molecular weight excluding hydrogens is 280 g/mol. The van der Waals surface area contributed by atoms with Crippen molar-refractivity contribution in [1.29, 1.82) is 0 Å². The molecule has 2 aliphatic heterocycles. The van der Waals surface area contributed by atoms with Gasteiger partial charge in [-0.2, -0.15) is 0 Å². The summed E-state index contributed by atoms with van der Waals surface area (Å²) in [6.45, 7) is 8.83. The number of carbonyl (C=O) groups excluding carboxylic acids is 1. The summed E-state index contributed by atoms with van der Waals surface area (Å²) in [7, 11) is 0. The molecule has 3 heterocycles. The van der Waals surface area contributed by atoms with E-state index in [0.717, 1.165) is 62.9 Å². The van der Waals surface area contributed by atoms with Crippen molar-refractivity contribution in [3.8, 4) is 0 Å². The van der Waals surface area contributed by atoms with E-state index in [1.807, 2.05) is 11.8 Å². The Bertz CT molecular complexity index is 535. The van der Waals surface area contributed by atoms with Crippen molar-refractivity contribution in [1.82, 2.24) is 14.9 Å². The second-order valence-corrected chi connectivity index (χ2v) is 6.21. The van der Waals surface area contributed by atoms with Crippen molar-refractivity contribution in [2.24, 2.45) is 5.92 Å². The summed E-state index contributed by atoms with van der Waals surface area (Å²) in [5.41, 5.74) is 2.15. The zero-order valence-corrected chi connectivity index (χ0v) is 13.4. The van der Waals surface area contributed by atoms with Gasteiger partial charge >= 0.3 is 0 Å². The molecule has 1 atom stereocenters. The summed E-state index contributed by atoms with van der Waals surface area (Å²) in [4.78, 5) is 25.2. The van der Waals surface area contributed by atoms with Crippen LogP contribution in [0, 0.1) is 19.8 Å². The van der Waals surface area contributed by atoms with Gasteiger partial charge in [0.1, 0.15) is 12.1 Å². The molecule has 2 aliphatic rings. The largest absolute Gasteiger partial charge is 0.381 e. The number of hydrogen-bond acceptors (Lipinski definition) is 5. The lowest BCUT2D eigenvalue weighted by molar-refractivity contribution is -0.132. The Kier molecular flexibility index (Phi) is 4.57. The lowest BCUT2D eigenvalue weighted by Gasteiger charge is -2.36. The van der Waals surface area contributed by atoms with Gasteiger partial charge in [-0.25, -0.2) is 9.97 Å². The third-order valence-electron chi connectivity index (χ3n) is 4.73. The van der Waals surface area contributed by atoms with Crippen molar-refractivity contribution in [3.63, 3.8) is 0 Å². The smallest absolute Gasteiger partial charge is 0.223 e. The van der Waals surface area contributed by atoms with Gasteiger partial charge in [-0.05, 0) is 26.2 Å². The van der Waals surface area contributed by atoms with Crippen LogP contribution in [0.3, 0.4) is 0 Å². The molecule has 0 spiro atoms. The molecular formula is C16H24N4O2. The quantitative estimate of drug-likeness (QED) is 0.839. The van der Waals surface area contributed by atoms with Crippen molar-refractivity contribution in [2.45, 2.75) is 26.7 Å². The Hall–Kier alpha value is -1.69. The van der Waals surface area contributed by atoms with Crippen LogP contribution in [-0.2, 0) is 9.53 Å². The standard InChI is InChI=1S/C16H24N4O2/c1-12-13(2)17-11-18-16(12)20-6-4-19(5-7-20)15(21)9-14-3-8-22-10-14/h11,14H,3-10H2,1-2H3. The van der Waals surface area contributed by atoms with Crippen LogP contribution in [0.5, 0.6) is 0 Å². The van der Waals surface area contributed by atoms with E-state index in [4.69, 9.17) is 4.74 Å². The van der Waals surface area contributed by atoms with Crippen LogP contribution in [0.1, 0.15) is 24.1 Å². The number of carbonyl (C=O) groups is 1. The van der Waals surface area contributed by atoms with Crippen molar-refractivity contribution >= 4 is 11.7 Å². The Labute approximate surface area is 131 Å². The first-order chi connectivity index (χ1) is 10.6. The SMILES string of the molecule is Cc1ncnc(N2CCN(C(=O)CC3CCOC3)CC2)c1C. The van der Waals surface area contributed by atoms with E-state index >= 15 is 0 Å². The monoisotopic (exact) mass is 304 g/mol. The molecule has 0 radical (unpaired) electrons. The number of anilines is 1. The van der Waals surface area contributed by atoms with E-state index < -0.39 is 0 Å². The average molecular weight is 304 g/mol. The second kappa shape index (κ2) is 6.60. The molecule has 6 nitrogen and oxygen atoms in total. The maximum atomic E-state index is 12.3. The molecule has 0 aliphatic carbocycles. The molecule has 0 saturated carbocycles. The molecule has 22 heavy (non-hydrogen) atoms. The van der Waals surface area contributed by atoms with Gasteiger partial charge in [-0.3, -0.25) is 4.79 Å². The van der Waals surface area contributed by atoms with Gasteiger partial charge in [0.15, 0.2) is 0 Å². The maximum absolute atomic E-state index is 12.3. The van der Waals surface area contributed by atoms with Crippen LogP contribution in [0.2, 0.25) is 0 Å². The number of piperazine rings is 1. The summed E-state index contributed by atoms with van der Waals surface area (Å²) in [6, 6.07) is 0. The number of aryl methyl sites for hydroxylation is 1. The van der Waals surface area contributed by atoms with Crippen LogP contribution >= 0.6 is 0 Å². The lowest BCUT2D eigenvalue weighted by Crippen LogP contribution is -2.49. The highest BCUT2D eigenvalue weighted by Gasteiger charge is 2.26. The average Bonchev–Trinajstić information content (AvgIpc) is 3.03. The number of amides is 1. The van der Waals surface area contributed by atoms with E-state index in [-0.39, 0.29) is 5.91 Å². The van der Waals surface area contributed by atoms with Crippen molar-refractivity contribution < 1.29 is 9.53 Å². The van der Waals surface area contributed by atoms with Gasteiger partial charge < -0.3 is 14.5 Å². The van der Waals surface area contributed by atoms with Gasteiger partial charge in [0.05, 0.1) is 0 Å². The molecule has 1 amide bonds. The summed E-state index contributed by atoms with van der Waals surface area (Å²) >= 11 is 0. The summed E-state index contributed by atoms with van der Waals surface area (Å²) < 4.78 is 5.35. The van der Waals surface area contributed by atoms with E-state index in [0.29, 0.717) is 12.3 Å². The minimum absolute atomic E-state index is 0.269. The minimum atomic E-state index is 0.269. The molecule has 1 aromatic rings. The first-order valence-corrected chi connectivity index (χ1v) is 8.04. The van der Waals surface area contributed by atoms with Crippen LogP contribution in [0.15, 0.2) is 6.33 Å². The summed E-state index contributed by atoms with van der Waals surface area (Å²) in [5.74, 6) is 1.69. The number of nitrogens with zero attached hydrogens (tertiary/aromatic N) is 4. The topological polar surface area (TPSA) is 58.6 Å². The predicted molar refractivity (Wildman–Crippen MR) is 83.8 cm³/mol. The van der Waals surface area contributed by atoms with E-state index in [1.54, 1.807) is 6.33 Å². The summed E-state index contributed by atoms with van der Waals surface area (Å²) in [5, 5.41) is 0. The number of aromatic nitrogens is 2. The highest BCUT2D eigenvalue weighted by atomic mass is 16.5. The fourth-order valence-electron chi connectivity index (χ4n) is 3.13. The zero-order chi connectivity index (χ0) is 15.5. The van der Waals surface area contributed by atoms with Crippen molar-refractivity contribution in [3.05, 3.63) is 17.6 Å². The van der Waals surface area contributed by atoms with Gasteiger partial charge in [0.25, 0.3) is 0 Å². The molecule has 0 aromatic carbocycles. The van der Waals surface area contributed by atoms with E-state index in [1.165, 1.54) is 0 Å². The maximum Gasteiger partial charge on any atom is 0.223 e. The Morgan fingerprint density at radius 3 is 2.73 bits per heavy atom. The van der Waals surface area contributed by atoms with Gasteiger partial charge in [0, 0.05) is 57.1 Å². The molecule has 120 valence electrons. The first-order valence-electron chi connectivity index (χ1n) is 8.04. The van der Waals surface area contributed by atoms with E-state index in [2.05, 4.69) is 21.8 Å². The number of hydrogen-bond donors (Lipinski definition) is 0. The molecule has 3 rings (SSSR count). The molecule has 0 bridgehead atoms. The summed E-state index contributed by atoms with van der Waals surface area (Å²) in [6.07, 6.45) is 3.27. The molecule has 2 fully saturated rings. The lowest BCUT2D eigenvalue weighted by atomic mass is 10.0. The Balaban J connectivity index is 1.55. The highest BCUT2D eigenvalue weighted by molar-refractivity contribution is 5.76. The molecule has 6 heteroatoms. The zero-order valence-electron chi connectivity index (χ0n) is 13.4. The van der Waals surface area contributed by atoms with Gasteiger partial charge in [-0.1, -0.05) is 0 Å². The van der Waals surface area contributed by atoms with Gasteiger partial charge in [0.2, 0.25) is 5.91 Å². The Morgan fingerprint density at radius 1 is 1.27 bits per heavy atom. The van der Waals surface area contributed by atoms with E-state index in [9.17, 15) is 4.79 Å². The molecule has 2 saturated heterocycles. The third-order valence-corrected chi connectivity index (χ3v) is 4.73. The van der Waals surface area contributed by atoms with Gasteiger partial charge in [-0.15, -0.1) is 0 Å². The fourth-order valence-corrected chi connectivity index (χ4v) is 3.13. The van der Waals surface area contributed by atoms with Crippen LogP contribution in [0.25, 0.3) is 0 Å². The second-order valence-electron chi connectivity index (χ2n) is 6.21. The number of rotatable bonds is 3. The van der Waals surface area contributed by atoms with Crippen LogP contribution in [0.4, 0.5) is 5.82 Å². The molecule has 1 unspecified atom stereocenters. The normalized spacial score (nSPS) is 22.2. The predicted octanol–water partition coefficient (Wildman–Crippen LogP) is 1.17. The van der Waals surface area contributed by atoms with Crippen LogP contribution < -0.4 is 4.90 Å². The highest BCUT2D eigenvalue weighted by Crippen LogP contribution is 2.21. The Morgan fingerprint density at radius 2 is 2.05 bits per heavy atom. The molecule has 1 aromatic heterocycles. The van der Waals surface area contributed by atoms with Crippen LogP contribution in [-0.4, -0.2) is 60.2 Å². The van der Waals surface area contributed by atoms with Crippen molar-refractivity contribution in [2.75, 3.05) is 44.3 Å². The minimum Gasteiger partial charge on any atom is -0.381 e.